The Balaban J connectivity index is 2.27. The van der Waals surface area contributed by atoms with Crippen LogP contribution in [0.15, 0.2) is 0 Å². The van der Waals surface area contributed by atoms with Crippen LogP contribution >= 0.6 is 0 Å². The Morgan fingerprint density at radius 2 is 2.28 bits per heavy atom. The van der Waals surface area contributed by atoms with Crippen molar-refractivity contribution in [3.05, 3.63) is 0 Å². The van der Waals surface area contributed by atoms with Crippen LogP contribution in [-0.2, 0) is 9.53 Å². The number of nitrogens with one attached hydrogen (secondary N) is 1. The van der Waals surface area contributed by atoms with Crippen LogP contribution in [0.2, 0.25) is 0 Å². The zero-order valence-corrected chi connectivity index (χ0v) is 11.4. The Bertz CT molecular complexity index is 263. The second-order valence-corrected chi connectivity index (χ2v) is 5.74. The van der Waals surface area contributed by atoms with Crippen LogP contribution in [0.5, 0.6) is 0 Å². The second kappa shape index (κ2) is 7.07. The molecule has 18 heavy (non-hydrogen) atoms. The van der Waals surface area contributed by atoms with Crippen molar-refractivity contribution in [1.82, 2.24) is 5.32 Å². The molecule has 0 radical (unpaired) electrons. The number of hydrogen-bond donors (Lipinski definition) is 3. The van der Waals surface area contributed by atoms with E-state index in [4.69, 9.17) is 10.5 Å². The van der Waals surface area contributed by atoms with Crippen LogP contribution in [0.25, 0.3) is 0 Å². The van der Waals surface area contributed by atoms with E-state index in [0.29, 0.717) is 38.5 Å². The third-order valence-electron chi connectivity index (χ3n) is 3.31. The van der Waals surface area contributed by atoms with E-state index < -0.39 is 5.60 Å². The van der Waals surface area contributed by atoms with Crippen LogP contribution in [0.3, 0.4) is 0 Å². The van der Waals surface area contributed by atoms with Gasteiger partial charge in [0.15, 0.2) is 0 Å². The zero-order valence-electron chi connectivity index (χ0n) is 11.4. The van der Waals surface area contributed by atoms with Gasteiger partial charge in [0.2, 0.25) is 5.91 Å². The average Bonchev–Trinajstić information content (AvgIpc) is 2.73. The van der Waals surface area contributed by atoms with Crippen molar-refractivity contribution in [2.75, 3.05) is 26.3 Å². The van der Waals surface area contributed by atoms with E-state index in [1.54, 1.807) is 0 Å². The van der Waals surface area contributed by atoms with Gasteiger partial charge in [-0.25, -0.2) is 0 Å². The quantitative estimate of drug-likeness (QED) is 0.612. The van der Waals surface area contributed by atoms with E-state index in [1.165, 1.54) is 0 Å². The summed E-state index contributed by atoms with van der Waals surface area (Å²) in [6, 6.07) is 0. The maximum absolute atomic E-state index is 11.8. The van der Waals surface area contributed by atoms with Crippen LogP contribution < -0.4 is 11.1 Å². The first-order valence-electron chi connectivity index (χ1n) is 6.72. The molecule has 1 aliphatic heterocycles. The van der Waals surface area contributed by atoms with Crippen molar-refractivity contribution in [3.8, 4) is 0 Å². The molecule has 0 aromatic carbocycles. The number of aliphatic hydroxyl groups is 1. The molecule has 0 bridgehead atoms. The third-order valence-corrected chi connectivity index (χ3v) is 3.31. The molecule has 1 aliphatic rings. The number of nitrogens with two attached hydrogens (primary N) is 1. The molecule has 1 rings (SSSR count). The highest BCUT2D eigenvalue weighted by Crippen LogP contribution is 2.18. The van der Waals surface area contributed by atoms with Crippen molar-refractivity contribution < 1.29 is 14.6 Å². The molecular weight excluding hydrogens is 232 g/mol. The SMILES string of the molecule is CC(C)C[C@H](CN)CC(=O)NCC1(O)CCOC1. The Hall–Kier alpha value is -0.650. The molecule has 0 spiro atoms. The van der Waals surface area contributed by atoms with E-state index in [9.17, 15) is 9.90 Å². The fraction of sp³-hybridized carbons (Fsp3) is 0.923. The van der Waals surface area contributed by atoms with E-state index in [-0.39, 0.29) is 18.4 Å². The summed E-state index contributed by atoms with van der Waals surface area (Å²) in [5.74, 6) is 0.727. The highest BCUT2D eigenvalue weighted by Gasteiger charge is 2.32. The zero-order chi connectivity index (χ0) is 13.6. The van der Waals surface area contributed by atoms with Gasteiger partial charge in [0.1, 0.15) is 5.60 Å². The molecule has 0 aromatic heterocycles. The highest BCUT2D eigenvalue weighted by molar-refractivity contribution is 5.76. The van der Waals surface area contributed by atoms with Gasteiger partial charge in [-0.15, -0.1) is 0 Å². The largest absolute Gasteiger partial charge is 0.386 e. The normalized spacial score (nSPS) is 25.4. The molecule has 4 N–H and O–H groups in total. The van der Waals surface area contributed by atoms with Gasteiger partial charge in [-0.2, -0.15) is 0 Å². The minimum absolute atomic E-state index is 0.0357. The van der Waals surface area contributed by atoms with Crippen molar-refractivity contribution in [1.29, 1.82) is 0 Å². The minimum Gasteiger partial charge on any atom is -0.386 e. The molecule has 1 amide bonds. The topological polar surface area (TPSA) is 84.6 Å². The summed E-state index contributed by atoms with van der Waals surface area (Å²) < 4.78 is 5.13. The van der Waals surface area contributed by atoms with Crippen molar-refractivity contribution in [2.24, 2.45) is 17.6 Å². The molecule has 1 unspecified atom stereocenters. The minimum atomic E-state index is -0.883. The number of carbonyl (C=O) groups is 1. The van der Waals surface area contributed by atoms with Crippen molar-refractivity contribution >= 4 is 5.91 Å². The lowest BCUT2D eigenvalue weighted by molar-refractivity contribution is -0.123. The molecule has 1 saturated heterocycles. The van der Waals surface area contributed by atoms with Crippen LogP contribution in [0.1, 0.15) is 33.1 Å². The first-order valence-corrected chi connectivity index (χ1v) is 6.72. The van der Waals surface area contributed by atoms with Gasteiger partial charge in [-0.1, -0.05) is 13.8 Å². The van der Waals surface area contributed by atoms with E-state index in [0.717, 1.165) is 6.42 Å². The summed E-state index contributed by atoms with van der Waals surface area (Å²) in [7, 11) is 0. The van der Waals surface area contributed by atoms with Gasteiger partial charge in [0.25, 0.3) is 0 Å². The highest BCUT2D eigenvalue weighted by atomic mass is 16.5. The second-order valence-electron chi connectivity index (χ2n) is 5.74. The number of amides is 1. The number of ether oxygens (including phenoxy) is 1. The molecule has 1 fully saturated rings. The summed E-state index contributed by atoms with van der Waals surface area (Å²) in [6.07, 6.45) is 1.97. The average molecular weight is 258 g/mol. The van der Waals surface area contributed by atoms with Gasteiger partial charge in [-0.3, -0.25) is 4.79 Å². The van der Waals surface area contributed by atoms with Gasteiger partial charge in [0, 0.05) is 26.0 Å². The van der Waals surface area contributed by atoms with E-state index >= 15 is 0 Å². The monoisotopic (exact) mass is 258 g/mol. The molecular formula is C13H26N2O3. The van der Waals surface area contributed by atoms with Crippen LogP contribution in [-0.4, -0.2) is 42.9 Å². The maximum atomic E-state index is 11.8. The Morgan fingerprint density at radius 1 is 1.56 bits per heavy atom. The fourth-order valence-corrected chi connectivity index (χ4v) is 2.26. The number of rotatable bonds is 7. The smallest absolute Gasteiger partial charge is 0.220 e. The summed E-state index contributed by atoms with van der Waals surface area (Å²) in [5, 5.41) is 12.8. The molecule has 0 aliphatic carbocycles. The summed E-state index contributed by atoms with van der Waals surface area (Å²) in [5.41, 5.74) is 4.78. The lowest BCUT2D eigenvalue weighted by atomic mass is 9.94. The first-order chi connectivity index (χ1) is 8.45. The summed E-state index contributed by atoms with van der Waals surface area (Å²) >= 11 is 0. The van der Waals surface area contributed by atoms with Crippen molar-refractivity contribution in [3.63, 3.8) is 0 Å². The first kappa shape index (κ1) is 15.4. The molecule has 1 heterocycles. The predicted molar refractivity (Wildman–Crippen MR) is 70.0 cm³/mol. The molecule has 5 heteroatoms. The molecule has 0 aromatic rings. The predicted octanol–water partition coefficient (Wildman–Crippen LogP) is 0.265. The Labute approximate surface area is 109 Å². The molecule has 106 valence electrons. The lowest BCUT2D eigenvalue weighted by Crippen LogP contribution is -2.44. The maximum Gasteiger partial charge on any atom is 0.220 e. The van der Waals surface area contributed by atoms with Crippen LogP contribution in [0.4, 0.5) is 0 Å². The summed E-state index contributed by atoms with van der Waals surface area (Å²) in [6.45, 7) is 5.91. The van der Waals surface area contributed by atoms with Gasteiger partial charge >= 0.3 is 0 Å². The fourth-order valence-electron chi connectivity index (χ4n) is 2.26. The Morgan fingerprint density at radius 3 is 2.78 bits per heavy atom. The standard InChI is InChI=1S/C13H26N2O3/c1-10(2)5-11(7-14)6-12(16)15-8-13(17)3-4-18-9-13/h10-11,17H,3-9,14H2,1-2H3,(H,15,16)/t11-,13?/m0/s1. The van der Waals surface area contributed by atoms with Crippen LogP contribution in [0, 0.1) is 11.8 Å². The van der Waals surface area contributed by atoms with Gasteiger partial charge in [-0.05, 0) is 24.8 Å². The van der Waals surface area contributed by atoms with Gasteiger partial charge in [0.05, 0.1) is 6.61 Å². The molecule has 5 nitrogen and oxygen atoms in total. The number of carbonyl (C=O) groups excluding carboxylic acids is 1. The lowest BCUT2D eigenvalue weighted by Gasteiger charge is -2.22. The van der Waals surface area contributed by atoms with E-state index in [1.807, 2.05) is 0 Å². The third kappa shape index (κ3) is 5.33. The van der Waals surface area contributed by atoms with Crippen molar-refractivity contribution in [2.45, 2.75) is 38.7 Å². The van der Waals surface area contributed by atoms with Gasteiger partial charge < -0.3 is 20.9 Å². The number of hydrogen-bond acceptors (Lipinski definition) is 4. The Kier molecular flexibility index (Phi) is 6.05. The molecule has 2 atom stereocenters. The van der Waals surface area contributed by atoms with E-state index in [2.05, 4.69) is 19.2 Å². The summed E-state index contributed by atoms with van der Waals surface area (Å²) in [4.78, 5) is 11.8. The molecule has 0 saturated carbocycles.